The zero-order chi connectivity index (χ0) is 19.4. The normalized spacial score (nSPS) is 17.4. The number of nitriles is 1. The summed E-state index contributed by atoms with van der Waals surface area (Å²) in [6.45, 7) is 3.29. The van der Waals surface area contributed by atoms with Crippen LogP contribution in [0.5, 0.6) is 0 Å². The molecule has 0 bridgehead atoms. The van der Waals surface area contributed by atoms with Crippen molar-refractivity contribution >= 4 is 11.6 Å². The molecule has 1 saturated heterocycles. The fraction of sp³-hybridized carbons (Fsp3) is 0.333. The highest BCUT2D eigenvalue weighted by Crippen LogP contribution is 2.29. The second-order valence-corrected chi connectivity index (χ2v) is 6.81. The lowest BCUT2D eigenvalue weighted by molar-refractivity contribution is -0.123. The Balaban J connectivity index is 1.75. The molecule has 2 aromatic rings. The molecular formula is C21H23FN4O. The van der Waals surface area contributed by atoms with Crippen molar-refractivity contribution in [1.29, 1.82) is 5.26 Å². The lowest BCUT2D eigenvalue weighted by atomic mass is 10.0. The summed E-state index contributed by atoms with van der Waals surface area (Å²) < 4.78 is 13.1. The van der Waals surface area contributed by atoms with E-state index in [9.17, 15) is 14.4 Å². The van der Waals surface area contributed by atoms with Gasteiger partial charge >= 0.3 is 0 Å². The van der Waals surface area contributed by atoms with Crippen molar-refractivity contribution in [1.82, 2.24) is 5.32 Å². The number of anilines is 1. The van der Waals surface area contributed by atoms with Gasteiger partial charge < -0.3 is 16.0 Å². The molecule has 140 valence electrons. The van der Waals surface area contributed by atoms with E-state index in [1.807, 2.05) is 25.1 Å². The Morgan fingerprint density at radius 1 is 1.33 bits per heavy atom. The Labute approximate surface area is 158 Å². The average Bonchev–Trinajstić information content (AvgIpc) is 3.15. The topological polar surface area (TPSA) is 82.2 Å². The first-order valence-corrected chi connectivity index (χ1v) is 9.12. The standard InChI is InChI=1S/C21H23FN4O/c1-2-19(24)21(27)25-18-9-10-26(13-18)20-8-5-15(11-16(20)12-23)14-3-6-17(22)7-4-14/h3-8,11,18-19H,2,9-10,13,24H2,1H3,(H,25,27)/t18-,19-/m0/s1. The molecule has 2 atom stereocenters. The maximum atomic E-state index is 13.1. The van der Waals surface area contributed by atoms with Crippen molar-refractivity contribution < 1.29 is 9.18 Å². The van der Waals surface area contributed by atoms with E-state index in [1.54, 1.807) is 12.1 Å². The minimum Gasteiger partial charge on any atom is -0.368 e. The van der Waals surface area contributed by atoms with Gasteiger partial charge in [0, 0.05) is 19.1 Å². The molecule has 0 spiro atoms. The number of nitrogens with zero attached hydrogens (tertiary/aromatic N) is 2. The number of amides is 1. The van der Waals surface area contributed by atoms with Crippen LogP contribution in [0.25, 0.3) is 11.1 Å². The smallest absolute Gasteiger partial charge is 0.237 e. The quantitative estimate of drug-likeness (QED) is 0.852. The van der Waals surface area contributed by atoms with Gasteiger partial charge in [0.15, 0.2) is 0 Å². The van der Waals surface area contributed by atoms with Gasteiger partial charge in [0.25, 0.3) is 0 Å². The number of hydrogen-bond acceptors (Lipinski definition) is 4. The summed E-state index contributed by atoms with van der Waals surface area (Å²) in [5.74, 6) is -0.416. The van der Waals surface area contributed by atoms with Crippen LogP contribution in [0.15, 0.2) is 42.5 Å². The maximum absolute atomic E-state index is 13.1. The van der Waals surface area contributed by atoms with E-state index in [0.29, 0.717) is 18.5 Å². The Morgan fingerprint density at radius 2 is 2.04 bits per heavy atom. The number of carbonyl (C=O) groups is 1. The molecule has 1 fully saturated rings. The summed E-state index contributed by atoms with van der Waals surface area (Å²) in [6, 6.07) is 13.7. The molecule has 0 aromatic heterocycles. The van der Waals surface area contributed by atoms with Crippen molar-refractivity contribution in [3.63, 3.8) is 0 Å². The first-order valence-electron chi connectivity index (χ1n) is 9.12. The lowest BCUT2D eigenvalue weighted by Gasteiger charge is -2.21. The van der Waals surface area contributed by atoms with Gasteiger partial charge in [-0.25, -0.2) is 4.39 Å². The number of hydrogen-bond donors (Lipinski definition) is 2. The van der Waals surface area contributed by atoms with Crippen LogP contribution in [0.4, 0.5) is 10.1 Å². The van der Waals surface area contributed by atoms with Gasteiger partial charge in [0.05, 0.1) is 17.3 Å². The van der Waals surface area contributed by atoms with Crippen LogP contribution in [0.2, 0.25) is 0 Å². The highest BCUT2D eigenvalue weighted by atomic mass is 19.1. The van der Waals surface area contributed by atoms with E-state index in [4.69, 9.17) is 5.73 Å². The molecule has 0 aliphatic carbocycles. The summed E-state index contributed by atoms with van der Waals surface area (Å²) >= 11 is 0. The monoisotopic (exact) mass is 366 g/mol. The van der Waals surface area contributed by atoms with Crippen LogP contribution in [-0.2, 0) is 4.79 Å². The summed E-state index contributed by atoms with van der Waals surface area (Å²) in [4.78, 5) is 14.1. The third-order valence-electron chi connectivity index (χ3n) is 4.95. The van der Waals surface area contributed by atoms with E-state index >= 15 is 0 Å². The van der Waals surface area contributed by atoms with Gasteiger partial charge in [0.2, 0.25) is 5.91 Å². The molecule has 27 heavy (non-hydrogen) atoms. The molecule has 0 unspecified atom stereocenters. The minimum absolute atomic E-state index is 0.0263. The number of rotatable bonds is 5. The lowest BCUT2D eigenvalue weighted by Crippen LogP contribution is -2.46. The van der Waals surface area contributed by atoms with Crippen LogP contribution in [0, 0.1) is 17.1 Å². The van der Waals surface area contributed by atoms with Crippen LogP contribution in [0.1, 0.15) is 25.3 Å². The minimum atomic E-state index is -0.483. The second-order valence-electron chi connectivity index (χ2n) is 6.81. The van der Waals surface area contributed by atoms with Crippen molar-refractivity contribution in [2.75, 3.05) is 18.0 Å². The van der Waals surface area contributed by atoms with E-state index < -0.39 is 6.04 Å². The molecular weight excluding hydrogens is 343 g/mol. The van der Waals surface area contributed by atoms with Crippen LogP contribution in [0.3, 0.4) is 0 Å². The number of nitrogens with two attached hydrogens (primary N) is 1. The maximum Gasteiger partial charge on any atom is 0.237 e. The Hall–Kier alpha value is -2.91. The molecule has 3 rings (SSSR count). The average molecular weight is 366 g/mol. The van der Waals surface area contributed by atoms with E-state index in [0.717, 1.165) is 29.8 Å². The third kappa shape index (κ3) is 4.26. The second kappa shape index (κ2) is 8.19. The van der Waals surface area contributed by atoms with Crippen LogP contribution in [-0.4, -0.2) is 31.1 Å². The number of nitrogens with one attached hydrogen (secondary N) is 1. The Bertz CT molecular complexity index is 859. The zero-order valence-corrected chi connectivity index (χ0v) is 15.3. The summed E-state index contributed by atoms with van der Waals surface area (Å²) in [7, 11) is 0. The molecule has 1 heterocycles. The molecule has 2 aromatic carbocycles. The van der Waals surface area contributed by atoms with Crippen molar-refractivity contribution in [3.8, 4) is 17.2 Å². The van der Waals surface area contributed by atoms with Crippen LogP contribution < -0.4 is 16.0 Å². The third-order valence-corrected chi connectivity index (χ3v) is 4.95. The number of carbonyl (C=O) groups excluding carboxylic acids is 1. The highest BCUT2D eigenvalue weighted by molar-refractivity contribution is 5.82. The summed E-state index contributed by atoms with van der Waals surface area (Å²) in [5.41, 5.74) is 8.92. The molecule has 1 amide bonds. The first kappa shape index (κ1) is 18.9. The fourth-order valence-corrected chi connectivity index (χ4v) is 3.31. The van der Waals surface area contributed by atoms with Crippen molar-refractivity contribution in [3.05, 3.63) is 53.8 Å². The van der Waals surface area contributed by atoms with Gasteiger partial charge in [-0.15, -0.1) is 0 Å². The predicted octanol–water partition coefficient (Wildman–Crippen LogP) is 2.80. The van der Waals surface area contributed by atoms with E-state index in [1.165, 1.54) is 12.1 Å². The predicted molar refractivity (Wildman–Crippen MR) is 104 cm³/mol. The fourth-order valence-electron chi connectivity index (χ4n) is 3.31. The van der Waals surface area contributed by atoms with Crippen LogP contribution >= 0.6 is 0 Å². The van der Waals surface area contributed by atoms with Gasteiger partial charge in [-0.2, -0.15) is 5.26 Å². The van der Waals surface area contributed by atoms with Crippen molar-refractivity contribution in [2.24, 2.45) is 5.73 Å². The molecule has 1 aliphatic rings. The molecule has 0 saturated carbocycles. The van der Waals surface area contributed by atoms with Gasteiger partial charge in [0.1, 0.15) is 11.9 Å². The highest BCUT2D eigenvalue weighted by Gasteiger charge is 2.26. The zero-order valence-electron chi connectivity index (χ0n) is 15.3. The molecule has 6 heteroatoms. The largest absolute Gasteiger partial charge is 0.368 e. The van der Waals surface area contributed by atoms with E-state index in [-0.39, 0.29) is 17.8 Å². The van der Waals surface area contributed by atoms with Gasteiger partial charge in [-0.3, -0.25) is 4.79 Å². The van der Waals surface area contributed by atoms with Gasteiger partial charge in [-0.05, 0) is 48.2 Å². The first-order chi connectivity index (χ1) is 13.0. The summed E-state index contributed by atoms with van der Waals surface area (Å²) in [5, 5.41) is 12.6. The number of halogens is 1. The summed E-state index contributed by atoms with van der Waals surface area (Å²) in [6.07, 6.45) is 1.42. The molecule has 3 N–H and O–H groups in total. The number of benzene rings is 2. The molecule has 1 aliphatic heterocycles. The van der Waals surface area contributed by atoms with E-state index in [2.05, 4.69) is 16.3 Å². The Kier molecular flexibility index (Phi) is 5.72. The van der Waals surface area contributed by atoms with Gasteiger partial charge in [-0.1, -0.05) is 25.1 Å². The molecule has 5 nitrogen and oxygen atoms in total. The Morgan fingerprint density at radius 3 is 2.70 bits per heavy atom. The molecule has 0 radical (unpaired) electrons. The SMILES string of the molecule is CC[C@H](N)C(=O)N[C@H]1CCN(c2ccc(-c3ccc(F)cc3)cc2C#N)C1. The van der Waals surface area contributed by atoms with Crippen molar-refractivity contribution in [2.45, 2.75) is 31.8 Å².